The van der Waals surface area contributed by atoms with Crippen LogP contribution in [0, 0.1) is 0 Å². The van der Waals surface area contributed by atoms with Crippen molar-refractivity contribution in [3.63, 3.8) is 0 Å². The molecule has 0 amide bonds. The summed E-state index contributed by atoms with van der Waals surface area (Å²) in [6.45, 7) is 0. The fraction of sp³-hybridized carbons (Fsp3) is 0.125. The Balaban J connectivity index is 2.30. The maximum Gasteiger partial charge on any atom is 0.416 e. The zero-order chi connectivity index (χ0) is 18.4. The van der Waals surface area contributed by atoms with Gasteiger partial charge in [-0.3, -0.25) is 9.36 Å². The highest BCUT2D eigenvalue weighted by molar-refractivity contribution is 5.77. The fourth-order valence-corrected chi connectivity index (χ4v) is 2.33. The number of aromatic nitrogens is 2. The lowest BCUT2D eigenvalue weighted by Gasteiger charge is -2.15. The summed E-state index contributed by atoms with van der Waals surface area (Å²) in [5, 5.41) is 0.0796. The van der Waals surface area contributed by atoms with Gasteiger partial charge in [-0.15, -0.1) is 0 Å². The Morgan fingerprint density at radius 2 is 1.40 bits per heavy atom. The molecular weight excluding hydrogens is 350 g/mol. The predicted molar refractivity (Wildman–Crippen MR) is 77.3 cm³/mol. The molecule has 0 aliphatic rings. The van der Waals surface area contributed by atoms with Crippen LogP contribution in [-0.2, 0) is 12.4 Å². The van der Waals surface area contributed by atoms with Gasteiger partial charge in [-0.2, -0.15) is 26.3 Å². The smallest absolute Gasteiger partial charge is 0.268 e. The lowest BCUT2D eigenvalue weighted by atomic mass is 10.1. The van der Waals surface area contributed by atoms with Crippen LogP contribution >= 0.6 is 0 Å². The molecule has 0 aliphatic heterocycles. The molecule has 0 atom stereocenters. The van der Waals surface area contributed by atoms with Crippen molar-refractivity contribution in [2.75, 3.05) is 0 Å². The number of hydrogen-bond donors (Lipinski definition) is 0. The van der Waals surface area contributed by atoms with Crippen molar-refractivity contribution in [1.82, 2.24) is 9.55 Å². The van der Waals surface area contributed by atoms with Gasteiger partial charge in [-0.25, -0.2) is 4.98 Å². The molecule has 1 aromatic heterocycles. The van der Waals surface area contributed by atoms with Crippen molar-refractivity contribution in [3.8, 4) is 5.69 Å². The number of fused-ring (bicyclic) bond motifs is 1. The van der Waals surface area contributed by atoms with Crippen LogP contribution in [0.1, 0.15) is 11.1 Å². The van der Waals surface area contributed by atoms with Gasteiger partial charge in [0.15, 0.2) is 0 Å². The summed E-state index contributed by atoms with van der Waals surface area (Å²) in [5.41, 5.74) is -4.05. The highest BCUT2D eigenvalue weighted by Gasteiger charge is 2.37. The normalized spacial score (nSPS) is 12.6. The molecule has 3 rings (SSSR count). The average molecular weight is 358 g/mol. The Labute approximate surface area is 136 Å². The molecule has 2 aromatic carbocycles. The van der Waals surface area contributed by atoms with E-state index in [2.05, 4.69) is 4.98 Å². The number of benzene rings is 2. The maximum absolute atomic E-state index is 12.9. The second-order valence-corrected chi connectivity index (χ2v) is 5.20. The zero-order valence-corrected chi connectivity index (χ0v) is 12.2. The van der Waals surface area contributed by atoms with Crippen molar-refractivity contribution in [2.45, 2.75) is 12.4 Å². The van der Waals surface area contributed by atoms with Crippen LogP contribution in [0.2, 0.25) is 0 Å². The van der Waals surface area contributed by atoms with Crippen LogP contribution in [0.25, 0.3) is 16.6 Å². The third kappa shape index (κ3) is 3.21. The van der Waals surface area contributed by atoms with E-state index < -0.39 is 34.7 Å². The Kier molecular flexibility index (Phi) is 3.81. The Hall–Kier alpha value is -2.84. The molecule has 25 heavy (non-hydrogen) atoms. The number of rotatable bonds is 1. The first-order valence-electron chi connectivity index (χ1n) is 6.83. The van der Waals surface area contributed by atoms with E-state index in [1.807, 2.05) is 0 Å². The second kappa shape index (κ2) is 5.61. The van der Waals surface area contributed by atoms with E-state index in [-0.39, 0.29) is 17.0 Å². The van der Waals surface area contributed by atoms with Crippen LogP contribution in [0.4, 0.5) is 26.3 Å². The van der Waals surface area contributed by atoms with Crippen molar-refractivity contribution >= 4 is 10.9 Å². The van der Waals surface area contributed by atoms with Crippen LogP contribution in [0.5, 0.6) is 0 Å². The Bertz CT molecular complexity index is 972. The third-order valence-electron chi connectivity index (χ3n) is 3.52. The van der Waals surface area contributed by atoms with Gasteiger partial charge in [-0.05, 0) is 30.3 Å². The zero-order valence-electron chi connectivity index (χ0n) is 12.2. The first-order valence-corrected chi connectivity index (χ1v) is 6.83. The molecule has 1 heterocycles. The number of para-hydroxylation sites is 1. The van der Waals surface area contributed by atoms with Crippen LogP contribution in [0.15, 0.2) is 53.6 Å². The number of alkyl halides is 6. The van der Waals surface area contributed by atoms with E-state index in [1.165, 1.54) is 18.2 Å². The molecule has 3 aromatic rings. The molecule has 0 saturated carbocycles. The minimum atomic E-state index is -5.00. The van der Waals surface area contributed by atoms with E-state index in [9.17, 15) is 31.1 Å². The van der Waals surface area contributed by atoms with E-state index in [4.69, 9.17) is 0 Å². The lowest BCUT2D eigenvalue weighted by molar-refractivity contribution is -0.143. The van der Waals surface area contributed by atoms with E-state index in [0.717, 1.165) is 6.33 Å². The first-order chi connectivity index (χ1) is 11.6. The monoisotopic (exact) mass is 358 g/mol. The van der Waals surface area contributed by atoms with Gasteiger partial charge in [0.25, 0.3) is 5.56 Å². The second-order valence-electron chi connectivity index (χ2n) is 5.20. The Morgan fingerprint density at radius 3 is 1.96 bits per heavy atom. The quantitative estimate of drug-likeness (QED) is 0.604. The number of nitrogens with zero attached hydrogens (tertiary/aromatic N) is 2. The van der Waals surface area contributed by atoms with Gasteiger partial charge in [0.1, 0.15) is 6.33 Å². The van der Waals surface area contributed by atoms with Gasteiger partial charge in [0, 0.05) is 0 Å². The summed E-state index contributed by atoms with van der Waals surface area (Å²) in [6, 6.07) is 6.98. The van der Waals surface area contributed by atoms with E-state index >= 15 is 0 Å². The van der Waals surface area contributed by atoms with Gasteiger partial charge in [0.2, 0.25) is 0 Å². The summed E-state index contributed by atoms with van der Waals surface area (Å²) in [6.07, 6.45) is -9.09. The largest absolute Gasteiger partial charge is 0.416 e. The summed E-state index contributed by atoms with van der Waals surface area (Å²) in [7, 11) is 0. The molecule has 0 fully saturated rings. The highest BCUT2D eigenvalue weighted by Crippen LogP contribution is 2.36. The molecule has 0 radical (unpaired) electrons. The SMILES string of the molecule is O=c1c2ccccc2ncn1-c1cc(C(F)(F)F)cc(C(F)(F)F)c1. The first kappa shape index (κ1) is 17.0. The minimum absolute atomic E-state index is 0.00299. The number of hydrogen-bond acceptors (Lipinski definition) is 2. The topological polar surface area (TPSA) is 34.9 Å². The molecule has 0 spiro atoms. The van der Waals surface area contributed by atoms with Gasteiger partial charge in [-0.1, -0.05) is 12.1 Å². The molecule has 0 N–H and O–H groups in total. The molecule has 3 nitrogen and oxygen atoms in total. The van der Waals surface area contributed by atoms with E-state index in [1.54, 1.807) is 6.07 Å². The van der Waals surface area contributed by atoms with Crippen LogP contribution in [0.3, 0.4) is 0 Å². The highest BCUT2D eigenvalue weighted by atomic mass is 19.4. The molecule has 0 aliphatic carbocycles. The van der Waals surface area contributed by atoms with Crippen molar-refractivity contribution in [3.05, 3.63) is 70.3 Å². The maximum atomic E-state index is 12.9. The summed E-state index contributed by atoms with van der Waals surface area (Å²) >= 11 is 0. The summed E-state index contributed by atoms with van der Waals surface area (Å²) < 4.78 is 78.3. The molecule has 0 saturated heterocycles. The van der Waals surface area contributed by atoms with Crippen LogP contribution < -0.4 is 5.56 Å². The van der Waals surface area contributed by atoms with Crippen molar-refractivity contribution in [1.29, 1.82) is 0 Å². The molecule has 0 bridgehead atoms. The lowest BCUT2D eigenvalue weighted by Crippen LogP contribution is -2.20. The van der Waals surface area contributed by atoms with Gasteiger partial charge >= 0.3 is 12.4 Å². The average Bonchev–Trinajstić information content (AvgIpc) is 2.53. The molecule has 0 unspecified atom stereocenters. The standard InChI is InChI=1S/C16H8F6N2O/c17-15(18,19)9-5-10(16(20,21)22)7-11(6-9)24-8-23-13-4-2-1-3-12(13)14(24)25/h1-8H. The van der Waals surface area contributed by atoms with Crippen LogP contribution in [-0.4, -0.2) is 9.55 Å². The summed E-state index contributed by atoms with van der Waals surface area (Å²) in [4.78, 5) is 16.3. The molecule has 130 valence electrons. The fourth-order valence-electron chi connectivity index (χ4n) is 2.33. The van der Waals surface area contributed by atoms with Gasteiger partial charge < -0.3 is 0 Å². The Morgan fingerprint density at radius 1 is 0.840 bits per heavy atom. The molecular formula is C16H8F6N2O. The third-order valence-corrected chi connectivity index (χ3v) is 3.52. The minimum Gasteiger partial charge on any atom is -0.268 e. The van der Waals surface area contributed by atoms with Gasteiger partial charge in [0.05, 0.1) is 27.7 Å². The van der Waals surface area contributed by atoms with Crippen molar-refractivity contribution in [2.24, 2.45) is 0 Å². The molecule has 9 heteroatoms. The summed E-state index contributed by atoms with van der Waals surface area (Å²) in [5.74, 6) is 0. The van der Waals surface area contributed by atoms with E-state index in [0.29, 0.717) is 16.7 Å². The number of halogens is 6. The predicted octanol–water partition coefficient (Wildman–Crippen LogP) is 4.42. The van der Waals surface area contributed by atoms with Crippen molar-refractivity contribution < 1.29 is 26.3 Å².